The van der Waals surface area contributed by atoms with Crippen LogP contribution in [-0.4, -0.2) is 44.5 Å². The van der Waals surface area contributed by atoms with Gasteiger partial charge in [-0.25, -0.2) is 0 Å². The Kier molecular flexibility index (Phi) is 12.9. The smallest absolute Gasteiger partial charge is 0.612 e. The van der Waals surface area contributed by atoms with Gasteiger partial charge in [0.1, 0.15) is 6.61 Å². The Morgan fingerprint density at radius 1 is 1.17 bits per heavy atom. The normalized spacial score (nSPS) is 11.7. The summed E-state index contributed by atoms with van der Waals surface area (Å²) in [6, 6.07) is -0.310. The summed E-state index contributed by atoms with van der Waals surface area (Å²) in [6.07, 6.45) is -0.948. The number of nitrogens with zero attached hydrogens (tertiary/aromatic N) is 3. The number of hydrogen-bond acceptors (Lipinski definition) is 4. The summed E-state index contributed by atoms with van der Waals surface area (Å²) in [4.78, 5) is 6.40. The van der Waals surface area contributed by atoms with Gasteiger partial charge in [0.25, 0.3) is 0 Å². The number of amidine groups is 1. The molecule has 0 aliphatic carbocycles. The van der Waals surface area contributed by atoms with Gasteiger partial charge in [-0.3, -0.25) is 0 Å². The molecule has 0 saturated heterocycles. The first-order chi connectivity index (χ1) is 8.10. The molecule has 8 nitrogen and oxygen atoms in total. The maximum Gasteiger partial charge on any atom is 2.00 e. The van der Waals surface area contributed by atoms with E-state index in [4.69, 9.17) is 20.6 Å². The Labute approximate surface area is 116 Å². The number of ether oxygens (including phenoxy) is 3. The molecule has 0 spiro atoms. The number of guanidine groups is 1. The number of hydrogen-bond donors (Lipinski definition) is 1. The van der Waals surface area contributed by atoms with Crippen molar-refractivity contribution in [3.05, 3.63) is 5.41 Å². The predicted molar refractivity (Wildman–Crippen MR) is 61.5 cm³/mol. The molecule has 0 aliphatic heterocycles. The molecule has 0 rings (SSSR count). The fourth-order valence-electron chi connectivity index (χ4n) is 0.743. The summed E-state index contributed by atoms with van der Waals surface area (Å²) < 4.78 is 14.3. The van der Waals surface area contributed by atoms with Crippen LogP contribution in [0.3, 0.4) is 0 Å². The molecule has 2 N–H and O–H groups in total. The van der Waals surface area contributed by atoms with Gasteiger partial charge in [-0.15, -0.1) is 0 Å². The van der Waals surface area contributed by atoms with Gasteiger partial charge < -0.3 is 40.4 Å². The third-order valence-corrected chi connectivity index (χ3v) is 1.35. The first kappa shape index (κ1) is 19.0. The van der Waals surface area contributed by atoms with Crippen LogP contribution in [0.4, 0.5) is 0 Å². The molecule has 0 aliphatic rings. The molecule has 0 aromatic carbocycles. The minimum absolute atomic E-state index is 0. The molecule has 0 aromatic rings. The van der Waals surface area contributed by atoms with Crippen molar-refractivity contribution in [3.63, 3.8) is 0 Å². The van der Waals surface area contributed by atoms with Gasteiger partial charge in [-0.1, -0.05) is 6.92 Å². The van der Waals surface area contributed by atoms with E-state index >= 15 is 0 Å². The molecule has 9 heteroatoms. The minimum Gasteiger partial charge on any atom is -0.612 e. The Hall–Kier alpha value is -1.31. The SMILES string of the molecule is CCOCCO/C(N)=N/C(=[N-])/N=C(\[O-])OCC.[Cu+2]. The van der Waals surface area contributed by atoms with Crippen molar-refractivity contribution in [2.24, 2.45) is 15.7 Å². The van der Waals surface area contributed by atoms with Crippen LogP contribution < -0.4 is 10.8 Å². The van der Waals surface area contributed by atoms with E-state index < -0.39 is 12.0 Å². The first-order valence-corrected chi connectivity index (χ1v) is 5.09. The first-order valence-electron chi connectivity index (χ1n) is 5.09. The van der Waals surface area contributed by atoms with E-state index in [0.29, 0.717) is 13.2 Å². The van der Waals surface area contributed by atoms with E-state index in [2.05, 4.69) is 14.7 Å². The Morgan fingerprint density at radius 3 is 2.39 bits per heavy atom. The molecule has 0 heterocycles. The molecule has 1 radical (unpaired) electrons. The molecular weight excluding hydrogens is 292 g/mol. The second-order valence-corrected chi connectivity index (χ2v) is 2.61. The number of aliphatic imine (C=N–C) groups is 2. The molecule has 0 fully saturated rings. The number of rotatable bonds is 5. The zero-order chi connectivity index (χ0) is 13.1. The van der Waals surface area contributed by atoms with E-state index in [0.717, 1.165) is 0 Å². The fourth-order valence-corrected chi connectivity index (χ4v) is 0.743. The molecule has 0 atom stereocenters. The van der Waals surface area contributed by atoms with Crippen LogP contribution in [0.25, 0.3) is 5.41 Å². The van der Waals surface area contributed by atoms with E-state index in [9.17, 15) is 5.11 Å². The van der Waals surface area contributed by atoms with Crippen LogP contribution in [0, 0.1) is 0 Å². The van der Waals surface area contributed by atoms with E-state index in [1.807, 2.05) is 6.92 Å². The van der Waals surface area contributed by atoms with Crippen LogP contribution in [-0.2, 0) is 31.3 Å². The summed E-state index contributed by atoms with van der Waals surface area (Å²) in [5, 5.41) is 19.9. The van der Waals surface area contributed by atoms with Crippen LogP contribution in [0.15, 0.2) is 9.98 Å². The van der Waals surface area contributed by atoms with Gasteiger partial charge in [0, 0.05) is 12.6 Å². The summed E-state index contributed by atoms with van der Waals surface area (Å²) in [7, 11) is 0. The fraction of sp³-hybridized carbons (Fsp3) is 0.667. The summed E-state index contributed by atoms with van der Waals surface area (Å²) in [6.45, 7) is 4.71. The average molecular weight is 308 g/mol. The second kappa shape index (κ2) is 12.2. The van der Waals surface area contributed by atoms with Gasteiger partial charge in [-0.05, 0) is 13.5 Å². The standard InChI is InChI=1S/C9H17N4O4.Cu/c1-3-15-5-6-17-8(11)12-7(10)13-9(14)16-4-2;/h3-6H2,1-2H3,(H3-,10,11,12,13,14);/q-1;+2/p-1. The molecule has 0 amide bonds. The molecule has 0 aromatic heterocycles. The van der Waals surface area contributed by atoms with Crippen molar-refractivity contribution in [1.82, 2.24) is 0 Å². The molecule has 0 bridgehead atoms. The van der Waals surface area contributed by atoms with Crippen molar-refractivity contribution in [1.29, 1.82) is 0 Å². The van der Waals surface area contributed by atoms with E-state index in [1.54, 1.807) is 6.92 Å². The maximum atomic E-state index is 10.8. The van der Waals surface area contributed by atoms with Crippen molar-refractivity contribution in [3.8, 4) is 0 Å². The van der Waals surface area contributed by atoms with E-state index in [-0.39, 0.29) is 36.3 Å². The van der Waals surface area contributed by atoms with Crippen LogP contribution in [0.2, 0.25) is 0 Å². The van der Waals surface area contributed by atoms with E-state index in [1.165, 1.54) is 0 Å². The quantitative estimate of drug-likeness (QED) is 0.303. The minimum atomic E-state index is -0.948. The summed E-state index contributed by atoms with van der Waals surface area (Å²) in [5.41, 5.74) is 5.29. The van der Waals surface area contributed by atoms with Gasteiger partial charge in [0.15, 0.2) is 0 Å². The van der Waals surface area contributed by atoms with Gasteiger partial charge in [0.05, 0.1) is 12.7 Å². The monoisotopic (exact) mass is 307 g/mol. The van der Waals surface area contributed by atoms with Crippen molar-refractivity contribution in [2.75, 3.05) is 26.4 Å². The Morgan fingerprint density at radius 2 is 1.83 bits per heavy atom. The molecule has 0 saturated carbocycles. The van der Waals surface area contributed by atoms with Gasteiger partial charge in [-0.2, -0.15) is 0 Å². The second-order valence-electron chi connectivity index (χ2n) is 2.61. The summed E-state index contributed by atoms with van der Waals surface area (Å²) >= 11 is 0. The maximum absolute atomic E-state index is 10.8. The Bertz CT molecular complexity index is 296. The molecule has 107 valence electrons. The van der Waals surface area contributed by atoms with Crippen LogP contribution in [0.1, 0.15) is 13.8 Å². The van der Waals surface area contributed by atoms with Gasteiger partial charge >= 0.3 is 17.1 Å². The Balaban J connectivity index is 0. The average Bonchev–Trinajstić information content (AvgIpc) is 2.24. The third-order valence-electron chi connectivity index (χ3n) is 1.35. The van der Waals surface area contributed by atoms with Crippen molar-refractivity contribution < 1.29 is 36.4 Å². The molecular formula is C9H16CuN4O4. The third kappa shape index (κ3) is 11.2. The largest absolute Gasteiger partial charge is 2.00 e. The van der Waals surface area contributed by atoms with Crippen LogP contribution >= 0.6 is 0 Å². The molecule has 18 heavy (non-hydrogen) atoms. The van der Waals surface area contributed by atoms with Gasteiger partial charge in [0.2, 0.25) is 6.02 Å². The molecule has 0 unspecified atom stereocenters. The number of nitrogens with two attached hydrogens (primary N) is 1. The summed E-state index contributed by atoms with van der Waals surface area (Å²) in [5.74, 6) is -0.822. The van der Waals surface area contributed by atoms with Crippen molar-refractivity contribution in [2.45, 2.75) is 13.8 Å². The van der Waals surface area contributed by atoms with Crippen molar-refractivity contribution >= 4 is 18.1 Å². The predicted octanol–water partition coefficient (Wildman–Crippen LogP) is -0.970. The topological polar surface area (TPSA) is 124 Å². The van der Waals surface area contributed by atoms with Crippen LogP contribution in [0.5, 0.6) is 0 Å². The zero-order valence-electron chi connectivity index (χ0n) is 10.2. The zero-order valence-corrected chi connectivity index (χ0v) is 11.1.